The molecular weight excluding hydrogens is 326 g/mol. The average molecular weight is 346 g/mol. The molecule has 3 N–H and O–H groups in total. The number of ether oxygens (including phenoxy) is 1. The normalized spacial score (nSPS) is 15.8. The van der Waals surface area contributed by atoms with Crippen molar-refractivity contribution >= 4 is 11.5 Å². The van der Waals surface area contributed by atoms with Gasteiger partial charge in [-0.05, 0) is 42.3 Å². The van der Waals surface area contributed by atoms with Gasteiger partial charge in [-0.2, -0.15) is 0 Å². The minimum absolute atomic E-state index is 0.0203. The largest absolute Gasteiger partial charge is 0.496 e. The van der Waals surface area contributed by atoms with Crippen molar-refractivity contribution in [2.24, 2.45) is 0 Å². The van der Waals surface area contributed by atoms with Gasteiger partial charge in [0.05, 0.1) is 18.8 Å². The van der Waals surface area contributed by atoms with E-state index in [4.69, 9.17) is 10.5 Å². The third kappa shape index (κ3) is 5.04. The number of hydrogen-bond acceptors (Lipinski definition) is 4. The van der Waals surface area contributed by atoms with Gasteiger partial charge in [0.2, 0.25) is 0 Å². The Labute approximate surface area is 145 Å². The SMILES string of the molecule is COc1cc(N)c(F)cc1C.O=C1C=CN[C@H](c2ccc(F)cc2)C1. The van der Waals surface area contributed by atoms with Crippen LogP contribution in [0.1, 0.15) is 23.6 Å². The molecule has 0 spiro atoms. The number of halogens is 2. The van der Waals surface area contributed by atoms with Crippen molar-refractivity contribution in [2.75, 3.05) is 12.8 Å². The summed E-state index contributed by atoms with van der Waals surface area (Å²) in [6.45, 7) is 1.77. The minimum Gasteiger partial charge on any atom is -0.496 e. The zero-order chi connectivity index (χ0) is 18.4. The fourth-order valence-electron chi connectivity index (χ4n) is 2.38. The van der Waals surface area contributed by atoms with Crippen molar-refractivity contribution in [3.05, 3.63) is 71.4 Å². The number of benzene rings is 2. The number of carbonyl (C=O) groups excluding carboxylic acids is 1. The number of aryl methyl sites for hydroxylation is 1. The van der Waals surface area contributed by atoms with Crippen molar-refractivity contribution in [2.45, 2.75) is 19.4 Å². The van der Waals surface area contributed by atoms with E-state index in [1.165, 1.54) is 37.5 Å². The maximum absolute atomic E-state index is 12.7. The molecule has 1 aliphatic heterocycles. The monoisotopic (exact) mass is 346 g/mol. The molecule has 0 bridgehead atoms. The molecular formula is C19H20F2N2O2. The van der Waals surface area contributed by atoms with Crippen LogP contribution in [-0.4, -0.2) is 12.9 Å². The molecule has 6 heteroatoms. The molecule has 1 atom stereocenters. The summed E-state index contributed by atoms with van der Waals surface area (Å²) < 4.78 is 30.3. The fraction of sp³-hybridized carbons (Fsp3) is 0.211. The molecule has 2 aromatic rings. The number of allylic oxidation sites excluding steroid dienone is 1. The number of anilines is 1. The van der Waals surface area contributed by atoms with Crippen LogP contribution >= 0.6 is 0 Å². The Morgan fingerprint density at radius 3 is 2.48 bits per heavy atom. The lowest BCUT2D eigenvalue weighted by molar-refractivity contribution is -0.115. The topological polar surface area (TPSA) is 64.3 Å². The molecule has 0 radical (unpaired) electrons. The van der Waals surface area contributed by atoms with Crippen molar-refractivity contribution in [3.8, 4) is 5.75 Å². The summed E-state index contributed by atoms with van der Waals surface area (Å²) in [5.41, 5.74) is 7.11. The van der Waals surface area contributed by atoms with E-state index in [0.29, 0.717) is 12.2 Å². The average Bonchev–Trinajstić information content (AvgIpc) is 2.59. The summed E-state index contributed by atoms with van der Waals surface area (Å²) >= 11 is 0. The molecule has 1 aliphatic rings. The van der Waals surface area contributed by atoms with Gasteiger partial charge in [-0.25, -0.2) is 8.78 Å². The van der Waals surface area contributed by atoms with E-state index in [1.807, 2.05) is 0 Å². The molecule has 132 valence electrons. The number of nitrogens with one attached hydrogen (secondary N) is 1. The van der Waals surface area contributed by atoms with Crippen molar-refractivity contribution < 1.29 is 18.3 Å². The first-order chi connectivity index (χ1) is 11.9. The van der Waals surface area contributed by atoms with Gasteiger partial charge >= 0.3 is 0 Å². The second-order valence-corrected chi connectivity index (χ2v) is 5.62. The number of methoxy groups -OCH3 is 1. The number of nitrogen functional groups attached to an aromatic ring is 1. The van der Waals surface area contributed by atoms with E-state index in [-0.39, 0.29) is 23.3 Å². The minimum atomic E-state index is -0.400. The van der Waals surface area contributed by atoms with Gasteiger partial charge in [-0.3, -0.25) is 4.79 Å². The zero-order valence-corrected chi connectivity index (χ0v) is 14.1. The summed E-state index contributed by atoms with van der Waals surface area (Å²) in [5, 5.41) is 3.06. The van der Waals surface area contributed by atoms with Crippen LogP contribution in [0.5, 0.6) is 5.75 Å². The summed E-state index contributed by atoms with van der Waals surface area (Å²) in [7, 11) is 1.53. The van der Waals surface area contributed by atoms with Crippen LogP contribution < -0.4 is 15.8 Å². The molecule has 0 saturated heterocycles. The highest BCUT2D eigenvalue weighted by Crippen LogP contribution is 2.23. The molecule has 0 aromatic heterocycles. The number of rotatable bonds is 2. The maximum Gasteiger partial charge on any atom is 0.159 e. The molecule has 0 fully saturated rings. The van der Waals surface area contributed by atoms with E-state index in [1.54, 1.807) is 25.3 Å². The highest BCUT2D eigenvalue weighted by molar-refractivity contribution is 5.90. The Balaban J connectivity index is 0.000000186. The third-order valence-corrected chi connectivity index (χ3v) is 3.76. The van der Waals surface area contributed by atoms with Crippen LogP contribution in [0.4, 0.5) is 14.5 Å². The van der Waals surface area contributed by atoms with Gasteiger partial charge < -0.3 is 15.8 Å². The van der Waals surface area contributed by atoms with Crippen LogP contribution in [0.15, 0.2) is 48.7 Å². The second kappa shape index (κ2) is 8.28. The highest BCUT2D eigenvalue weighted by atomic mass is 19.1. The van der Waals surface area contributed by atoms with Crippen LogP contribution in [0.3, 0.4) is 0 Å². The van der Waals surface area contributed by atoms with Crippen LogP contribution in [-0.2, 0) is 4.79 Å². The molecule has 25 heavy (non-hydrogen) atoms. The number of carbonyl (C=O) groups is 1. The van der Waals surface area contributed by atoms with Crippen molar-refractivity contribution in [1.29, 1.82) is 0 Å². The Kier molecular flexibility index (Phi) is 6.11. The Morgan fingerprint density at radius 2 is 1.88 bits per heavy atom. The molecule has 0 amide bonds. The summed E-state index contributed by atoms with van der Waals surface area (Å²) in [6.07, 6.45) is 3.59. The summed E-state index contributed by atoms with van der Waals surface area (Å²) in [4.78, 5) is 11.1. The molecule has 1 heterocycles. The molecule has 0 aliphatic carbocycles. The fourth-order valence-corrected chi connectivity index (χ4v) is 2.38. The lowest BCUT2D eigenvalue weighted by Crippen LogP contribution is -2.22. The molecule has 2 aromatic carbocycles. The van der Waals surface area contributed by atoms with Gasteiger partial charge in [0, 0.05) is 18.7 Å². The van der Waals surface area contributed by atoms with Gasteiger partial charge in [-0.15, -0.1) is 0 Å². The Bertz CT molecular complexity index is 774. The van der Waals surface area contributed by atoms with Crippen molar-refractivity contribution in [3.63, 3.8) is 0 Å². The number of nitrogens with two attached hydrogens (primary N) is 1. The maximum atomic E-state index is 12.7. The number of hydrogen-bond donors (Lipinski definition) is 2. The lowest BCUT2D eigenvalue weighted by atomic mass is 9.99. The van der Waals surface area contributed by atoms with E-state index >= 15 is 0 Å². The van der Waals surface area contributed by atoms with Gasteiger partial charge in [0.1, 0.15) is 17.4 Å². The third-order valence-electron chi connectivity index (χ3n) is 3.76. The highest BCUT2D eigenvalue weighted by Gasteiger charge is 2.16. The first kappa shape index (κ1) is 18.4. The summed E-state index contributed by atoms with van der Waals surface area (Å²) in [6, 6.07) is 9.00. The standard InChI is InChI=1S/C11H10FNO.C8H10FNO/c12-9-3-1-8(2-4-9)11-7-10(14)5-6-13-11;1-5-3-6(9)7(10)4-8(5)11-2/h1-6,11,13H,7H2;3-4H,10H2,1-2H3/t11-;/m0./s1. The van der Waals surface area contributed by atoms with Gasteiger partial charge in [-0.1, -0.05) is 12.1 Å². The first-order valence-corrected chi connectivity index (χ1v) is 7.71. The lowest BCUT2D eigenvalue weighted by Gasteiger charge is -2.19. The summed E-state index contributed by atoms with van der Waals surface area (Å²) in [5.74, 6) is 0.0525. The predicted molar refractivity (Wildman–Crippen MR) is 93.1 cm³/mol. The second-order valence-electron chi connectivity index (χ2n) is 5.62. The zero-order valence-electron chi connectivity index (χ0n) is 14.1. The first-order valence-electron chi connectivity index (χ1n) is 7.71. The van der Waals surface area contributed by atoms with E-state index < -0.39 is 5.82 Å². The molecule has 0 unspecified atom stereocenters. The molecule has 4 nitrogen and oxygen atoms in total. The Hall–Kier alpha value is -2.89. The van der Waals surface area contributed by atoms with Crippen molar-refractivity contribution in [1.82, 2.24) is 5.32 Å². The quantitative estimate of drug-likeness (QED) is 0.815. The predicted octanol–water partition coefficient (Wildman–Crippen LogP) is 3.67. The Morgan fingerprint density at radius 1 is 1.20 bits per heavy atom. The van der Waals surface area contributed by atoms with Crippen LogP contribution in [0.25, 0.3) is 0 Å². The molecule has 0 saturated carbocycles. The van der Waals surface area contributed by atoms with Gasteiger partial charge in [0.25, 0.3) is 0 Å². The number of ketones is 1. The smallest absolute Gasteiger partial charge is 0.159 e. The molecule has 3 rings (SSSR count). The van der Waals surface area contributed by atoms with E-state index in [9.17, 15) is 13.6 Å². The van der Waals surface area contributed by atoms with Gasteiger partial charge in [0.15, 0.2) is 5.78 Å². The van der Waals surface area contributed by atoms with Crippen LogP contribution in [0.2, 0.25) is 0 Å². The van der Waals surface area contributed by atoms with E-state index in [0.717, 1.165) is 11.1 Å². The van der Waals surface area contributed by atoms with E-state index in [2.05, 4.69) is 5.32 Å². The van der Waals surface area contributed by atoms with Crippen LogP contribution in [0, 0.1) is 18.6 Å².